The number of methoxy groups -OCH3 is 1. The first-order valence-corrected chi connectivity index (χ1v) is 12.4. The molecule has 1 saturated heterocycles. The molecule has 1 aliphatic heterocycles. The number of aromatic nitrogens is 2. The number of sulfonamides is 1. The molecule has 10 nitrogen and oxygen atoms in total. The van der Waals surface area contributed by atoms with Crippen molar-refractivity contribution in [1.82, 2.24) is 14.0 Å². The van der Waals surface area contributed by atoms with E-state index in [0.717, 1.165) is 17.4 Å². The van der Waals surface area contributed by atoms with Gasteiger partial charge in [-0.1, -0.05) is 0 Å². The highest BCUT2D eigenvalue weighted by molar-refractivity contribution is 7.92. The molecule has 34 heavy (non-hydrogen) atoms. The number of anilines is 1. The predicted molar refractivity (Wildman–Crippen MR) is 128 cm³/mol. The normalized spacial score (nSPS) is 13.9. The number of carbonyl (C=O) groups is 1. The summed E-state index contributed by atoms with van der Waals surface area (Å²) in [6, 6.07) is 10.4. The van der Waals surface area contributed by atoms with Crippen molar-refractivity contribution in [3.05, 3.63) is 63.3 Å². The van der Waals surface area contributed by atoms with E-state index < -0.39 is 21.3 Å². The van der Waals surface area contributed by atoms with Crippen LogP contribution in [0.1, 0.15) is 19.3 Å². The van der Waals surface area contributed by atoms with Gasteiger partial charge in [-0.2, -0.15) is 0 Å². The van der Waals surface area contributed by atoms with Gasteiger partial charge in [-0.3, -0.25) is 23.4 Å². The zero-order chi connectivity index (χ0) is 24.5. The fourth-order valence-corrected chi connectivity index (χ4v) is 5.15. The standard InChI is InChI=1S/C23H26N4O6S/c1-25-20-10-9-18(34(31,32)24-16-5-7-17(33-2)8-6-16)15-19(20)22(29)27(23(25)30)14-11-21(28)26-12-3-4-13-26/h5-10,15,24H,3-4,11-14H2,1-2H3. The number of aryl methyl sites for hydroxylation is 1. The Labute approximate surface area is 196 Å². The summed E-state index contributed by atoms with van der Waals surface area (Å²) in [5.41, 5.74) is -0.549. The number of nitrogens with zero attached hydrogens (tertiary/aromatic N) is 3. The van der Waals surface area contributed by atoms with Crippen LogP contribution in [-0.4, -0.2) is 48.6 Å². The van der Waals surface area contributed by atoms with Crippen LogP contribution in [0.3, 0.4) is 0 Å². The van der Waals surface area contributed by atoms with Gasteiger partial charge in [0.2, 0.25) is 5.91 Å². The number of fused-ring (bicyclic) bond motifs is 1. The molecule has 1 aliphatic rings. The summed E-state index contributed by atoms with van der Waals surface area (Å²) in [4.78, 5) is 39.9. The van der Waals surface area contributed by atoms with Gasteiger partial charge in [0.1, 0.15) is 5.75 Å². The van der Waals surface area contributed by atoms with Crippen LogP contribution < -0.4 is 20.7 Å². The number of carbonyl (C=O) groups excluding carboxylic acids is 1. The van der Waals surface area contributed by atoms with Crippen LogP contribution in [0.15, 0.2) is 56.9 Å². The lowest BCUT2D eigenvalue weighted by molar-refractivity contribution is -0.130. The first-order valence-electron chi connectivity index (χ1n) is 10.9. The van der Waals surface area contributed by atoms with Gasteiger partial charge in [0, 0.05) is 38.8 Å². The van der Waals surface area contributed by atoms with Crippen LogP contribution in [0.4, 0.5) is 5.69 Å². The lowest BCUT2D eigenvalue weighted by Gasteiger charge is -2.16. The quantitative estimate of drug-likeness (QED) is 0.541. The molecular formula is C23H26N4O6S. The molecule has 1 aromatic heterocycles. The lowest BCUT2D eigenvalue weighted by atomic mass is 10.2. The van der Waals surface area contributed by atoms with Gasteiger partial charge in [0.15, 0.2) is 0 Å². The van der Waals surface area contributed by atoms with Crippen molar-refractivity contribution in [3.63, 3.8) is 0 Å². The first-order chi connectivity index (χ1) is 16.2. The molecule has 1 fully saturated rings. The highest BCUT2D eigenvalue weighted by Gasteiger charge is 2.21. The highest BCUT2D eigenvalue weighted by Crippen LogP contribution is 2.21. The summed E-state index contributed by atoms with van der Waals surface area (Å²) in [7, 11) is -0.984. The number of nitrogens with one attached hydrogen (secondary N) is 1. The zero-order valence-corrected chi connectivity index (χ0v) is 19.8. The van der Waals surface area contributed by atoms with Gasteiger partial charge in [-0.05, 0) is 55.3 Å². The summed E-state index contributed by atoms with van der Waals surface area (Å²) < 4.78 is 35.7. The minimum absolute atomic E-state index is 0.0255. The fourth-order valence-electron chi connectivity index (χ4n) is 4.06. The van der Waals surface area contributed by atoms with E-state index in [4.69, 9.17) is 4.74 Å². The third kappa shape index (κ3) is 4.56. The zero-order valence-electron chi connectivity index (χ0n) is 19.0. The Morgan fingerprint density at radius 3 is 2.38 bits per heavy atom. The number of likely N-dealkylation sites (tertiary alicyclic amines) is 1. The minimum atomic E-state index is -4.00. The Morgan fingerprint density at radius 1 is 1.06 bits per heavy atom. The summed E-state index contributed by atoms with van der Waals surface area (Å²) >= 11 is 0. The van der Waals surface area contributed by atoms with Crippen molar-refractivity contribution in [2.75, 3.05) is 24.9 Å². The van der Waals surface area contributed by atoms with Gasteiger partial charge < -0.3 is 9.64 Å². The van der Waals surface area contributed by atoms with E-state index in [1.165, 1.54) is 36.9 Å². The Balaban J connectivity index is 1.67. The number of benzene rings is 2. The molecule has 0 radical (unpaired) electrons. The van der Waals surface area contributed by atoms with E-state index in [-0.39, 0.29) is 29.2 Å². The molecule has 0 saturated carbocycles. The third-order valence-electron chi connectivity index (χ3n) is 5.98. The third-order valence-corrected chi connectivity index (χ3v) is 7.36. The van der Waals surface area contributed by atoms with Crippen LogP contribution >= 0.6 is 0 Å². The number of hydrogen-bond acceptors (Lipinski definition) is 6. The maximum atomic E-state index is 13.1. The van der Waals surface area contributed by atoms with Crippen molar-refractivity contribution >= 4 is 32.5 Å². The second kappa shape index (κ2) is 9.34. The Hall–Kier alpha value is -3.60. The average Bonchev–Trinajstić information content (AvgIpc) is 3.37. The van der Waals surface area contributed by atoms with E-state index >= 15 is 0 Å². The molecule has 0 atom stereocenters. The molecule has 0 bridgehead atoms. The van der Waals surface area contributed by atoms with Crippen molar-refractivity contribution in [2.24, 2.45) is 7.05 Å². The maximum Gasteiger partial charge on any atom is 0.331 e. The summed E-state index contributed by atoms with van der Waals surface area (Å²) in [6.45, 7) is 1.30. The van der Waals surface area contributed by atoms with Crippen LogP contribution in [-0.2, 0) is 28.4 Å². The first kappa shape index (κ1) is 23.6. The van der Waals surface area contributed by atoms with Crippen molar-refractivity contribution < 1.29 is 17.9 Å². The Kier molecular flexibility index (Phi) is 6.47. The van der Waals surface area contributed by atoms with Crippen LogP contribution in [0.2, 0.25) is 0 Å². The van der Waals surface area contributed by atoms with E-state index in [1.54, 1.807) is 29.2 Å². The van der Waals surface area contributed by atoms with E-state index in [1.807, 2.05) is 0 Å². The summed E-state index contributed by atoms with van der Waals surface area (Å²) in [5, 5.41) is 0.0772. The van der Waals surface area contributed by atoms with E-state index in [0.29, 0.717) is 30.0 Å². The second-order valence-electron chi connectivity index (χ2n) is 8.15. The van der Waals surface area contributed by atoms with Crippen molar-refractivity contribution in [2.45, 2.75) is 30.7 Å². The molecule has 2 aromatic carbocycles. The molecule has 4 rings (SSSR count). The topological polar surface area (TPSA) is 120 Å². The molecule has 0 aliphatic carbocycles. The van der Waals surface area contributed by atoms with Gasteiger partial charge in [-0.15, -0.1) is 0 Å². The molecule has 2 heterocycles. The number of hydrogen-bond donors (Lipinski definition) is 1. The largest absolute Gasteiger partial charge is 0.497 e. The maximum absolute atomic E-state index is 13.1. The molecule has 11 heteroatoms. The predicted octanol–water partition coefficient (Wildman–Crippen LogP) is 1.52. The summed E-state index contributed by atoms with van der Waals surface area (Å²) in [5.74, 6) is 0.477. The summed E-state index contributed by atoms with van der Waals surface area (Å²) in [6.07, 6.45) is 1.92. The van der Waals surface area contributed by atoms with Gasteiger partial charge in [0.25, 0.3) is 15.6 Å². The Morgan fingerprint density at radius 2 is 1.74 bits per heavy atom. The highest BCUT2D eigenvalue weighted by atomic mass is 32.2. The van der Waals surface area contributed by atoms with Crippen LogP contribution in [0, 0.1) is 0 Å². The molecule has 180 valence electrons. The minimum Gasteiger partial charge on any atom is -0.497 e. The fraction of sp³-hybridized carbons (Fsp3) is 0.348. The molecule has 1 N–H and O–H groups in total. The average molecular weight is 487 g/mol. The van der Waals surface area contributed by atoms with Crippen LogP contribution in [0.5, 0.6) is 5.75 Å². The molecule has 0 unspecified atom stereocenters. The molecule has 1 amide bonds. The molecular weight excluding hydrogens is 460 g/mol. The lowest BCUT2D eigenvalue weighted by Crippen LogP contribution is -2.40. The van der Waals surface area contributed by atoms with Crippen molar-refractivity contribution in [1.29, 1.82) is 0 Å². The van der Waals surface area contributed by atoms with Crippen molar-refractivity contribution in [3.8, 4) is 5.75 Å². The smallest absolute Gasteiger partial charge is 0.331 e. The Bertz CT molecular complexity index is 1450. The van der Waals surface area contributed by atoms with Gasteiger partial charge in [0.05, 0.1) is 22.9 Å². The monoisotopic (exact) mass is 486 g/mol. The van der Waals surface area contributed by atoms with Gasteiger partial charge >= 0.3 is 5.69 Å². The van der Waals surface area contributed by atoms with E-state index in [2.05, 4.69) is 4.72 Å². The molecule has 0 spiro atoms. The van der Waals surface area contributed by atoms with Crippen LogP contribution in [0.25, 0.3) is 10.9 Å². The number of amides is 1. The SMILES string of the molecule is COc1ccc(NS(=O)(=O)c2ccc3c(c2)c(=O)n(CCC(=O)N2CCCC2)c(=O)n3C)cc1. The number of ether oxygens (including phenoxy) is 1. The van der Waals surface area contributed by atoms with E-state index in [9.17, 15) is 22.8 Å². The second-order valence-corrected chi connectivity index (χ2v) is 9.83. The molecule has 3 aromatic rings. The van der Waals surface area contributed by atoms with Gasteiger partial charge in [-0.25, -0.2) is 13.2 Å². The number of rotatable bonds is 7.